The molecule has 1 N–H and O–H groups in total. The van der Waals surface area contributed by atoms with Crippen LogP contribution in [0.3, 0.4) is 0 Å². The van der Waals surface area contributed by atoms with Crippen LogP contribution in [-0.4, -0.2) is 43.2 Å². The Bertz CT molecular complexity index is 467. The van der Waals surface area contributed by atoms with E-state index in [1.165, 1.54) is 0 Å². The third kappa shape index (κ3) is 3.59. The number of carbonyl (C=O) groups excluding carboxylic acids is 1. The Morgan fingerprint density at radius 3 is 3.15 bits per heavy atom. The van der Waals surface area contributed by atoms with E-state index in [-0.39, 0.29) is 18.1 Å². The predicted molar refractivity (Wildman–Crippen MR) is 71.6 cm³/mol. The van der Waals surface area contributed by atoms with Gasteiger partial charge in [-0.25, -0.2) is 0 Å². The Morgan fingerprint density at radius 1 is 1.70 bits per heavy atom. The second-order valence-corrected chi connectivity index (χ2v) is 4.80. The quantitative estimate of drug-likeness (QED) is 0.835. The zero-order valence-corrected chi connectivity index (χ0v) is 11.5. The normalized spacial score (nSPS) is 21.6. The second kappa shape index (κ2) is 7.08. The number of carbonyl (C=O) groups is 1. The smallest absolute Gasteiger partial charge is 0.240 e. The van der Waals surface area contributed by atoms with Gasteiger partial charge in [-0.05, 0) is 18.6 Å². The van der Waals surface area contributed by atoms with Crippen molar-refractivity contribution in [3.63, 3.8) is 0 Å². The first-order valence-electron chi connectivity index (χ1n) is 6.69. The van der Waals surface area contributed by atoms with Crippen LogP contribution >= 0.6 is 0 Å². The number of methoxy groups -OCH3 is 1. The Hall–Kier alpha value is -1.84. The van der Waals surface area contributed by atoms with Gasteiger partial charge in [-0.2, -0.15) is 5.26 Å². The molecule has 1 aliphatic heterocycles. The zero-order chi connectivity index (χ0) is 14.4. The number of hydrogen-bond acceptors (Lipinski definition) is 5. The Morgan fingerprint density at radius 2 is 2.55 bits per heavy atom. The molecule has 0 bridgehead atoms. The molecule has 0 saturated carbocycles. The molecule has 1 aromatic rings. The fourth-order valence-electron chi connectivity index (χ4n) is 2.33. The summed E-state index contributed by atoms with van der Waals surface area (Å²) in [5.41, 5.74) is 0. The Labute approximate surface area is 118 Å². The van der Waals surface area contributed by atoms with Gasteiger partial charge in [-0.3, -0.25) is 4.79 Å². The lowest BCUT2D eigenvalue weighted by Crippen LogP contribution is -2.43. The van der Waals surface area contributed by atoms with Crippen LogP contribution in [0.4, 0.5) is 0 Å². The van der Waals surface area contributed by atoms with E-state index in [2.05, 4.69) is 11.4 Å². The van der Waals surface area contributed by atoms with Gasteiger partial charge in [0.1, 0.15) is 5.76 Å². The van der Waals surface area contributed by atoms with Gasteiger partial charge in [0.15, 0.2) is 0 Å². The van der Waals surface area contributed by atoms with Crippen molar-refractivity contribution in [2.24, 2.45) is 0 Å². The number of furan rings is 1. The maximum atomic E-state index is 12.5. The molecule has 1 aliphatic rings. The lowest BCUT2D eigenvalue weighted by Gasteiger charge is -2.24. The molecule has 2 atom stereocenters. The largest absolute Gasteiger partial charge is 0.467 e. The topological polar surface area (TPSA) is 78.5 Å². The summed E-state index contributed by atoms with van der Waals surface area (Å²) in [6, 6.07) is 5.45. The SMILES string of the molecule is COC1CNC(C(=O)N(CCC#N)Cc2ccco2)C1. The van der Waals surface area contributed by atoms with E-state index in [1.54, 1.807) is 24.3 Å². The van der Waals surface area contributed by atoms with Crippen LogP contribution in [0, 0.1) is 11.3 Å². The average Bonchev–Trinajstić information content (AvgIpc) is 3.13. The highest BCUT2D eigenvalue weighted by Crippen LogP contribution is 2.14. The van der Waals surface area contributed by atoms with Crippen molar-refractivity contribution < 1.29 is 13.9 Å². The molecular weight excluding hydrogens is 258 g/mol. The zero-order valence-electron chi connectivity index (χ0n) is 11.5. The van der Waals surface area contributed by atoms with Crippen molar-refractivity contribution in [2.75, 3.05) is 20.2 Å². The number of amides is 1. The molecular formula is C14H19N3O3. The van der Waals surface area contributed by atoms with Gasteiger partial charge in [0.25, 0.3) is 0 Å². The summed E-state index contributed by atoms with van der Waals surface area (Å²) in [7, 11) is 1.65. The lowest BCUT2D eigenvalue weighted by atomic mass is 10.1. The fraction of sp³-hybridized carbons (Fsp3) is 0.571. The van der Waals surface area contributed by atoms with E-state index >= 15 is 0 Å². The molecule has 0 aromatic carbocycles. The van der Waals surface area contributed by atoms with Gasteiger partial charge < -0.3 is 19.4 Å². The van der Waals surface area contributed by atoms with Crippen molar-refractivity contribution in [1.29, 1.82) is 5.26 Å². The fourth-order valence-corrected chi connectivity index (χ4v) is 2.33. The van der Waals surface area contributed by atoms with Crippen LogP contribution in [0.2, 0.25) is 0 Å². The van der Waals surface area contributed by atoms with Crippen molar-refractivity contribution in [2.45, 2.75) is 31.5 Å². The summed E-state index contributed by atoms with van der Waals surface area (Å²) < 4.78 is 10.5. The second-order valence-electron chi connectivity index (χ2n) is 4.80. The molecule has 2 rings (SSSR count). The number of rotatable bonds is 6. The summed E-state index contributed by atoms with van der Waals surface area (Å²) in [5.74, 6) is 0.716. The molecule has 1 saturated heterocycles. The highest BCUT2D eigenvalue weighted by molar-refractivity contribution is 5.82. The Kier molecular flexibility index (Phi) is 5.16. The highest BCUT2D eigenvalue weighted by atomic mass is 16.5. The molecule has 6 heteroatoms. The van der Waals surface area contributed by atoms with Crippen molar-refractivity contribution >= 4 is 5.91 Å². The lowest BCUT2D eigenvalue weighted by molar-refractivity contribution is -0.134. The summed E-state index contributed by atoms with van der Waals surface area (Å²) in [6.45, 7) is 1.48. The summed E-state index contributed by atoms with van der Waals surface area (Å²) in [4.78, 5) is 14.2. The number of hydrogen-bond donors (Lipinski definition) is 1. The first-order valence-corrected chi connectivity index (χ1v) is 6.69. The molecule has 1 aromatic heterocycles. The molecule has 1 fully saturated rings. The standard InChI is InChI=1S/C14H19N3O3/c1-19-12-8-13(16-9-12)14(18)17(6-3-5-15)10-11-4-2-7-20-11/h2,4,7,12-13,16H,3,6,8-10H2,1H3. The van der Waals surface area contributed by atoms with E-state index in [1.807, 2.05) is 6.07 Å². The van der Waals surface area contributed by atoms with E-state index in [4.69, 9.17) is 14.4 Å². The summed E-state index contributed by atoms with van der Waals surface area (Å²) >= 11 is 0. The third-order valence-corrected chi connectivity index (χ3v) is 3.45. The number of nitrogens with one attached hydrogen (secondary N) is 1. The molecule has 0 aliphatic carbocycles. The van der Waals surface area contributed by atoms with Crippen LogP contribution < -0.4 is 5.32 Å². The van der Waals surface area contributed by atoms with Crippen molar-refractivity contribution in [3.8, 4) is 6.07 Å². The first-order chi connectivity index (χ1) is 9.74. The molecule has 6 nitrogen and oxygen atoms in total. The summed E-state index contributed by atoms with van der Waals surface area (Å²) in [5, 5.41) is 11.9. The molecule has 108 valence electrons. The number of ether oxygens (including phenoxy) is 1. The van der Waals surface area contributed by atoms with Crippen LogP contribution in [0.5, 0.6) is 0 Å². The van der Waals surface area contributed by atoms with Gasteiger partial charge >= 0.3 is 0 Å². The minimum Gasteiger partial charge on any atom is -0.467 e. The number of nitrogens with zero attached hydrogens (tertiary/aromatic N) is 2. The van der Waals surface area contributed by atoms with E-state index in [0.29, 0.717) is 32.5 Å². The van der Waals surface area contributed by atoms with Crippen molar-refractivity contribution in [3.05, 3.63) is 24.2 Å². The third-order valence-electron chi connectivity index (χ3n) is 3.45. The average molecular weight is 277 g/mol. The van der Waals surface area contributed by atoms with Gasteiger partial charge in [0.2, 0.25) is 5.91 Å². The maximum absolute atomic E-state index is 12.5. The minimum absolute atomic E-state index is 0.00352. The molecule has 0 spiro atoms. The first kappa shape index (κ1) is 14.6. The van der Waals surface area contributed by atoms with Crippen molar-refractivity contribution in [1.82, 2.24) is 10.2 Å². The van der Waals surface area contributed by atoms with Crippen LogP contribution in [-0.2, 0) is 16.1 Å². The molecule has 20 heavy (non-hydrogen) atoms. The number of nitriles is 1. The van der Waals surface area contributed by atoms with Crippen LogP contribution in [0.15, 0.2) is 22.8 Å². The molecule has 0 radical (unpaired) electrons. The molecule has 1 amide bonds. The monoisotopic (exact) mass is 277 g/mol. The van der Waals surface area contributed by atoms with Crippen LogP contribution in [0.1, 0.15) is 18.6 Å². The Balaban J connectivity index is 1.98. The van der Waals surface area contributed by atoms with Crippen LogP contribution in [0.25, 0.3) is 0 Å². The predicted octanol–water partition coefficient (Wildman–Crippen LogP) is 0.899. The highest BCUT2D eigenvalue weighted by Gasteiger charge is 2.32. The molecule has 2 heterocycles. The molecule has 2 unspecified atom stereocenters. The van der Waals surface area contributed by atoms with E-state index in [0.717, 1.165) is 5.76 Å². The van der Waals surface area contributed by atoms with E-state index < -0.39 is 0 Å². The van der Waals surface area contributed by atoms with Gasteiger partial charge in [-0.1, -0.05) is 0 Å². The summed E-state index contributed by atoms with van der Waals surface area (Å²) in [6.07, 6.45) is 2.63. The minimum atomic E-state index is -0.242. The van der Waals surface area contributed by atoms with Gasteiger partial charge in [-0.15, -0.1) is 0 Å². The van der Waals surface area contributed by atoms with E-state index in [9.17, 15) is 4.79 Å². The maximum Gasteiger partial charge on any atom is 0.240 e. The van der Waals surface area contributed by atoms with Gasteiger partial charge in [0.05, 0.1) is 37.4 Å². The van der Waals surface area contributed by atoms with Gasteiger partial charge in [0, 0.05) is 20.2 Å².